The maximum atomic E-state index is 6.07. The molecule has 0 aromatic carbocycles. The van der Waals surface area contributed by atoms with E-state index in [4.69, 9.17) is 5.73 Å². The Kier molecular flexibility index (Phi) is 4.30. The van der Waals surface area contributed by atoms with Crippen LogP contribution >= 0.6 is 0 Å². The molecule has 4 nitrogen and oxygen atoms in total. The number of likely N-dealkylation sites (N-methyl/N-ethyl adjacent to an activating group) is 1. The highest BCUT2D eigenvalue weighted by molar-refractivity contribution is 4.97. The second-order valence-corrected chi connectivity index (χ2v) is 5.65. The van der Waals surface area contributed by atoms with E-state index in [2.05, 4.69) is 28.8 Å². The summed E-state index contributed by atoms with van der Waals surface area (Å²) in [5.74, 6) is 1.65. The number of hydrogen-bond acceptors (Lipinski definition) is 4. The number of rotatable bonds is 4. The van der Waals surface area contributed by atoms with Crippen molar-refractivity contribution in [3.05, 3.63) is 24.3 Å². The second-order valence-electron chi connectivity index (χ2n) is 5.65. The lowest BCUT2D eigenvalue weighted by molar-refractivity contribution is 0.0534. The standard InChI is InChI=1S/C14H24N4/c1-12-5-3-6-14(9-12,11-15)18(2)10-13-16-7-4-8-17-13/h4,7-8,12H,3,5-6,9-11,15H2,1-2H3. The molecule has 1 saturated carbocycles. The van der Waals surface area contributed by atoms with Crippen LogP contribution in [0, 0.1) is 5.92 Å². The van der Waals surface area contributed by atoms with Gasteiger partial charge in [-0.15, -0.1) is 0 Å². The summed E-state index contributed by atoms with van der Waals surface area (Å²) in [4.78, 5) is 11.0. The van der Waals surface area contributed by atoms with Crippen LogP contribution in [0.15, 0.2) is 18.5 Å². The van der Waals surface area contributed by atoms with E-state index in [0.29, 0.717) is 0 Å². The Labute approximate surface area is 110 Å². The van der Waals surface area contributed by atoms with Gasteiger partial charge in [-0.3, -0.25) is 4.90 Å². The largest absolute Gasteiger partial charge is 0.329 e. The molecular formula is C14H24N4. The van der Waals surface area contributed by atoms with Gasteiger partial charge in [0.15, 0.2) is 0 Å². The third kappa shape index (κ3) is 2.87. The van der Waals surface area contributed by atoms with Crippen molar-refractivity contribution in [1.82, 2.24) is 14.9 Å². The molecule has 2 rings (SSSR count). The van der Waals surface area contributed by atoms with E-state index in [1.807, 2.05) is 6.07 Å². The Morgan fingerprint density at radius 3 is 2.78 bits per heavy atom. The van der Waals surface area contributed by atoms with Crippen LogP contribution in [0.4, 0.5) is 0 Å². The van der Waals surface area contributed by atoms with Crippen molar-refractivity contribution in [3.8, 4) is 0 Å². The van der Waals surface area contributed by atoms with E-state index in [9.17, 15) is 0 Å². The highest BCUT2D eigenvalue weighted by Gasteiger charge is 2.37. The quantitative estimate of drug-likeness (QED) is 0.883. The molecule has 1 fully saturated rings. The lowest BCUT2D eigenvalue weighted by Crippen LogP contribution is -2.54. The zero-order valence-electron chi connectivity index (χ0n) is 11.5. The molecule has 0 spiro atoms. The summed E-state index contributed by atoms with van der Waals surface area (Å²) in [6.07, 6.45) is 8.59. The predicted octanol–water partition coefficient (Wildman–Crippen LogP) is 1.82. The monoisotopic (exact) mass is 248 g/mol. The van der Waals surface area contributed by atoms with E-state index in [1.165, 1.54) is 25.7 Å². The molecule has 0 radical (unpaired) electrons. The van der Waals surface area contributed by atoms with Crippen molar-refractivity contribution in [1.29, 1.82) is 0 Å². The van der Waals surface area contributed by atoms with Gasteiger partial charge in [-0.25, -0.2) is 9.97 Å². The SMILES string of the molecule is CC1CCCC(CN)(N(C)Cc2ncccn2)C1. The molecule has 2 N–H and O–H groups in total. The van der Waals surface area contributed by atoms with Crippen LogP contribution in [-0.2, 0) is 6.54 Å². The number of hydrogen-bond donors (Lipinski definition) is 1. The fourth-order valence-corrected chi connectivity index (χ4v) is 3.11. The van der Waals surface area contributed by atoms with Gasteiger partial charge in [0.2, 0.25) is 0 Å². The van der Waals surface area contributed by atoms with E-state index in [0.717, 1.165) is 24.8 Å². The predicted molar refractivity (Wildman–Crippen MR) is 72.9 cm³/mol. The number of nitrogens with zero attached hydrogens (tertiary/aromatic N) is 3. The van der Waals surface area contributed by atoms with Crippen molar-refractivity contribution in [2.45, 2.75) is 44.7 Å². The molecule has 0 aliphatic heterocycles. The minimum absolute atomic E-state index is 0.136. The average Bonchev–Trinajstić information content (AvgIpc) is 2.39. The molecule has 4 heteroatoms. The van der Waals surface area contributed by atoms with Crippen LogP contribution in [0.3, 0.4) is 0 Å². The lowest BCUT2D eigenvalue weighted by Gasteiger charge is -2.45. The topological polar surface area (TPSA) is 55.0 Å². The van der Waals surface area contributed by atoms with Crippen LogP contribution in [0.2, 0.25) is 0 Å². The second kappa shape index (κ2) is 5.76. The summed E-state index contributed by atoms with van der Waals surface area (Å²) >= 11 is 0. The van der Waals surface area contributed by atoms with Crippen LogP contribution in [0.5, 0.6) is 0 Å². The highest BCUT2D eigenvalue weighted by Crippen LogP contribution is 2.35. The molecule has 1 aromatic rings. The maximum Gasteiger partial charge on any atom is 0.142 e. The first-order valence-corrected chi connectivity index (χ1v) is 6.83. The maximum absolute atomic E-state index is 6.07. The Morgan fingerprint density at radius 1 is 1.44 bits per heavy atom. The normalized spacial score (nSPS) is 28.6. The Balaban J connectivity index is 2.07. The summed E-state index contributed by atoms with van der Waals surface area (Å²) in [5, 5.41) is 0. The molecule has 1 heterocycles. The third-order valence-corrected chi connectivity index (χ3v) is 4.26. The van der Waals surface area contributed by atoms with Crippen molar-refractivity contribution in [2.75, 3.05) is 13.6 Å². The third-order valence-electron chi connectivity index (χ3n) is 4.26. The summed E-state index contributed by atoms with van der Waals surface area (Å²) in [7, 11) is 2.15. The van der Waals surface area contributed by atoms with Crippen molar-refractivity contribution in [2.24, 2.45) is 11.7 Å². The van der Waals surface area contributed by atoms with Gasteiger partial charge >= 0.3 is 0 Å². The van der Waals surface area contributed by atoms with E-state index in [1.54, 1.807) is 12.4 Å². The molecule has 2 atom stereocenters. The summed E-state index contributed by atoms with van der Waals surface area (Å²) < 4.78 is 0. The number of nitrogens with two attached hydrogens (primary N) is 1. The zero-order chi connectivity index (χ0) is 13.0. The van der Waals surface area contributed by atoms with Gasteiger partial charge in [0, 0.05) is 24.5 Å². The average molecular weight is 248 g/mol. The Morgan fingerprint density at radius 2 is 2.17 bits per heavy atom. The smallest absolute Gasteiger partial charge is 0.142 e. The fraction of sp³-hybridized carbons (Fsp3) is 0.714. The van der Waals surface area contributed by atoms with E-state index in [-0.39, 0.29) is 5.54 Å². The lowest BCUT2D eigenvalue weighted by atomic mass is 9.75. The van der Waals surface area contributed by atoms with Crippen LogP contribution in [0.25, 0.3) is 0 Å². The van der Waals surface area contributed by atoms with Gasteiger partial charge in [0.25, 0.3) is 0 Å². The van der Waals surface area contributed by atoms with Gasteiger partial charge in [-0.1, -0.05) is 19.8 Å². The van der Waals surface area contributed by atoms with E-state index < -0.39 is 0 Å². The fourth-order valence-electron chi connectivity index (χ4n) is 3.11. The minimum Gasteiger partial charge on any atom is -0.329 e. The molecule has 1 aromatic heterocycles. The van der Waals surface area contributed by atoms with Crippen molar-refractivity contribution >= 4 is 0 Å². The van der Waals surface area contributed by atoms with Crippen LogP contribution in [-0.4, -0.2) is 34.0 Å². The van der Waals surface area contributed by atoms with Gasteiger partial charge in [-0.2, -0.15) is 0 Å². The summed E-state index contributed by atoms with van der Waals surface area (Å²) in [5.41, 5.74) is 6.21. The molecule has 1 aliphatic carbocycles. The molecule has 1 aliphatic rings. The van der Waals surface area contributed by atoms with E-state index >= 15 is 0 Å². The zero-order valence-corrected chi connectivity index (χ0v) is 11.5. The van der Waals surface area contributed by atoms with Crippen LogP contribution in [0.1, 0.15) is 38.4 Å². The molecule has 0 bridgehead atoms. The van der Waals surface area contributed by atoms with Crippen molar-refractivity contribution in [3.63, 3.8) is 0 Å². The molecule has 100 valence electrons. The highest BCUT2D eigenvalue weighted by atomic mass is 15.2. The number of aromatic nitrogens is 2. The minimum atomic E-state index is 0.136. The Hall–Kier alpha value is -1.00. The van der Waals surface area contributed by atoms with Gasteiger partial charge in [-0.05, 0) is 31.9 Å². The van der Waals surface area contributed by atoms with Gasteiger partial charge in [0.1, 0.15) is 5.82 Å². The molecule has 0 saturated heterocycles. The van der Waals surface area contributed by atoms with Gasteiger partial charge < -0.3 is 5.73 Å². The molecular weight excluding hydrogens is 224 g/mol. The summed E-state index contributed by atoms with van der Waals surface area (Å²) in [6, 6.07) is 1.85. The first-order valence-electron chi connectivity index (χ1n) is 6.83. The molecule has 0 amide bonds. The van der Waals surface area contributed by atoms with Gasteiger partial charge in [0.05, 0.1) is 6.54 Å². The van der Waals surface area contributed by atoms with Crippen LogP contribution < -0.4 is 5.73 Å². The van der Waals surface area contributed by atoms with Crippen molar-refractivity contribution < 1.29 is 0 Å². The molecule has 18 heavy (non-hydrogen) atoms. The first kappa shape index (κ1) is 13.4. The first-order chi connectivity index (χ1) is 8.66. The summed E-state index contributed by atoms with van der Waals surface area (Å²) in [6.45, 7) is 3.84. The Bertz CT molecular complexity index is 367. The molecule has 2 unspecified atom stereocenters.